The Morgan fingerprint density at radius 2 is 1.84 bits per heavy atom. The van der Waals surface area contributed by atoms with Crippen LogP contribution in [0.1, 0.15) is 11.3 Å². The van der Waals surface area contributed by atoms with Gasteiger partial charge in [0.15, 0.2) is 5.65 Å². The molecule has 6 nitrogen and oxygen atoms in total. The Bertz CT molecular complexity index is 1020. The van der Waals surface area contributed by atoms with Gasteiger partial charge in [0, 0.05) is 25.0 Å². The molecular formula is C16H11F3N6. The van der Waals surface area contributed by atoms with Gasteiger partial charge in [-0.2, -0.15) is 9.78 Å². The van der Waals surface area contributed by atoms with Gasteiger partial charge in [0.2, 0.25) is 5.95 Å². The quantitative estimate of drug-likeness (QED) is 0.573. The summed E-state index contributed by atoms with van der Waals surface area (Å²) in [7, 11) is 0. The third-order valence-electron chi connectivity index (χ3n) is 3.72. The third kappa shape index (κ3) is 2.73. The Morgan fingerprint density at radius 3 is 2.60 bits per heavy atom. The van der Waals surface area contributed by atoms with Gasteiger partial charge in [-0.3, -0.25) is 0 Å². The third-order valence-corrected chi connectivity index (χ3v) is 3.72. The number of rotatable bonds is 3. The second-order valence-electron chi connectivity index (χ2n) is 5.35. The van der Waals surface area contributed by atoms with Gasteiger partial charge in [-0.15, -0.1) is 13.2 Å². The first-order valence-electron chi connectivity index (χ1n) is 7.36. The smallest absolute Gasteiger partial charge is 0.244 e. The molecule has 4 aromatic rings. The maximum Gasteiger partial charge on any atom is 0.491 e. The molecule has 25 heavy (non-hydrogen) atoms. The van der Waals surface area contributed by atoms with Crippen molar-refractivity contribution in [2.45, 2.75) is 12.7 Å². The lowest BCUT2D eigenvalue weighted by atomic mass is 10.1. The molecule has 0 aliphatic rings. The highest BCUT2D eigenvalue weighted by atomic mass is 19.4. The zero-order valence-electron chi connectivity index (χ0n) is 12.7. The molecular weight excluding hydrogens is 333 g/mol. The molecule has 0 unspecified atom stereocenters. The minimum absolute atomic E-state index is 0.105. The molecule has 0 bridgehead atoms. The average molecular weight is 344 g/mol. The number of imidazole rings is 1. The summed E-state index contributed by atoms with van der Waals surface area (Å²) < 4.78 is 40.7. The first-order chi connectivity index (χ1) is 12.0. The fourth-order valence-electron chi connectivity index (χ4n) is 2.63. The molecule has 0 aliphatic carbocycles. The number of halogens is 3. The van der Waals surface area contributed by atoms with Crippen LogP contribution in [0.25, 0.3) is 17.0 Å². The topological polar surface area (TPSA) is 61.4 Å². The zero-order chi connectivity index (χ0) is 17.4. The number of fused-ring (bicyclic) bond motifs is 1. The lowest BCUT2D eigenvalue weighted by Gasteiger charge is -2.10. The first kappa shape index (κ1) is 15.3. The molecule has 0 saturated heterocycles. The highest BCUT2D eigenvalue weighted by Crippen LogP contribution is 2.27. The van der Waals surface area contributed by atoms with Crippen LogP contribution in [0.4, 0.5) is 13.2 Å². The molecule has 4 rings (SSSR count). The van der Waals surface area contributed by atoms with E-state index in [4.69, 9.17) is 0 Å². The summed E-state index contributed by atoms with van der Waals surface area (Å²) in [5, 5.41) is 4.92. The molecule has 0 radical (unpaired) electrons. The van der Waals surface area contributed by atoms with Crippen LogP contribution in [0, 0.1) is 0 Å². The van der Waals surface area contributed by atoms with E-state index in [0.717, 1.165) is 22.6 Å². The van der Waals surface area contributed by atoms with E-state index >= 15 is 0 Å². The number of nitrogens with zero attached hydrogens (tertiary/aromatic N) is 6. The summed E-state index contributed by atoms with van der Waals surface area (Å²) in [5.74, 6) is -0.365. The van der Waals surface area contributed by atoms with E-state index in [0.29, 0.717) is 17.5 Å². The predicted molar refractivity (Wildman–Crippen MR) is 83.0 cm³/mol. The van der Waals surface area contributed by atoms with Crippen molar-refractivity contribution in [3.05, 3.63) is 66.5 Å². The van der Waals surface area contributed by atoms with Crippen molar-refractivity contribution in [1.82, 2.24) is 29.3 Å². The Labute approximate surface area is 139 Å². The summed E-state index contributed by atoms with van der Waals surface area (Å²) in [6.45, 7) is 0. The largest absolute Gasteiger partial charge is 0.491 e. The van der Waals surface area contributed by atoms with Crippen molar-refractivity contribution >= 4 is 11.0 Å². The molecule has 0 fully saturated rings. The normalized spacial score (nSPS) is 12.0. The molecule has 1 aromatic carbocycles. The van der Waals surface area contributed by atoms with Crippen LogP contribution in [0.3, 0.4) is 0 Å². The van der Waals surface area contributed by atoms with Gasteiger partial charge in [0.25, 0.3) is 0 Å². The average Bonchev–Trinajstić information content (AvgIpc) is 3.21. The summed E-state index contributed by atoms with van der Waals surface area (Å²) in [6, 6.07) is 9.52. The van der Waals surface area contributed by atoms with E-state index in [2.05, 4.69) is 20.1 Å². The maximum absolute atomic E-state index is 13.2. The Balaban J connectivity index is 1.88. The van der Waals surface area contributed by atoms with E-state index < -0.39 is 6.30 Å². The zero-order valence-corrected chi connectivity index (χ0v) is 12.7. The van der Waals surface area contributed by atoms with Crippen LogP contribution in [0.5, 0.6) is 0 Å². The lowest BCUT2D eigenvalue weighted by Crippen LogP contribution is -2.20. The minimum atomic E-state index is -4.60. The van der Waals surface area contributed by atoms with Gasteiger partial charge in [-0.1, -0.05) is 30.3 Å². The van der Waals surface area contributed by atoms with Crippen molar-refractivity contribution in [3.63, 3.8) is 0 Å². The standard InChI is InChI=1S/C16H11F3N6/c17-16(18,19)24-7-6-21-15(24)25-14-12(9-20-10-22-14)13(23-25)8-11-4-2-1-3-5-11/h1-7,9-10H,8H2. The summed E-state index contributed by atoms with van der Waals surface area (Å²) in [4.78, 5) is 11.9. The van der Waals surface area contributed by atoms with Gasteiger partial charge in [-0.05, 0) is 5.56 Å². The molecule has 0 atom stereocenters. The number of aromatic nitrogens is 6. The van der Waals surface area contributed by atoms with Gasteiger partial charge in [0.1, 0.15) is 6.33 Å². The Hall–Kier alpha value is -3.23. The number of hydrogen-bond donors (Lipinski definition) is 0. The van der Waals surface area contributed by atoms with E-state index in [1.54, 1.807) is 6.20 Å². The van der Waals surface area contributed by atoms with Crippen molar-refractivity contribution in [3.8, 4) is 5.95 Å². The predicted octanol–water partition coefficient (Wildman–Crippen LogP) is 3.08. The molecule has 0 saturated carbocycles. The Morgan fingerprint density at radius 1 is 1.04 bits per heavy atom. The summed E-state index contributed by atoms with van der Waals surface area (Å²) in [5.41, 5.74) is 1.84. The van der Waals surface area contributed by atoms with E-state index in [1.165, 1.54) is 6.33 Å². The van der Waals surface area contributed by atoms with Crippen molar-refractivity contribution < 1.29 is 13.2 Å². The van der Waals surface area contributed by atoms with Crippen LogP contribution in [0.2, 0.25) is 0 Å². The van der Waals surface area contributed by atoms with Crippen molar-refractivity contribution in [2.24, 2.45) is 0 Å². The highest BCUT2D eigenvalue weighted by molar-refractivity contribution is 5.78. The van der Waals surface area contributed by atoms with E-state index in [-0.39, 0.29) is 16.2 Å². The molecule has 0 spiro atoms. The molecule has 0 aliphatic heterocycles. The minimum Gasteiger partial charge on any atom is -0.244 e. The first-order valence-corrected chi connectivity index (χ1v) is 7.36. The maximum atomic E-state index is 13.2. The van der Waals surface area contributed by atoms with E-state index in [9.17, 15) is 13.2 Å². The second kappa shape index (κ2) is 5.69. The highest BCUT2D eigenvalue weighted by Gasteiger charge is 2.34. The summed E-state index contributed by atoms with van der Waals surface area (Å²) in [6.07, 6.45) is 0.592. The van der Waals surface area contributed by atoms with Crippen LogP contribution < -0.4 is 0 Å². The van der Waals surface area contributed by atoms with Gasteiger partial charge in [0.05, 0.1) is 11.1 Å². The molecule has 0 amide bonds. The van der Waals surface area contributed by atoms with Crippen LogP contribution in [-0.4, -0.2) is 29.3 Å². The molecule has 3 aromatic heterocycles. The summed E-state index contributed by atoms with van der Waals surface area (Å²) >= 11 is 0. The van der Waals surface area contributed by atoms with Crippen LogP contribution in [-0.2, 0) is 12.7 Å². The lowest BCUT2D eigenvalue weighted by molar-refractivity contribution is -0.203. The Kier molecular flexibility index (Phi) is 3.48. The SMILES string of the molecule is FC(F)(F)n1ccnc1-n1nc(Cc2ccccc2)c2cncnc21. The van der Waals surface area contributed by atoms with Crippen LogP contribution >= 0.6 is 0 Å². The molecule has 0 N–H and O–H groups in total. The monoisotopic (exact) mass is 344 g/mol. The van der Waals surface area contributed by atoms with Crippen molar-refractivity contribution in [1.29, 1.82) is 0 Å². The van der Waals surface area contributed by atoms with Gasteiger partial charge >= 0.3 is 6.30 Å². The van der Waals surface area contributed by atoms with Gasteiger partial charge < -0.3 is 0 Å². The second-order valence-corrected chi connectivity index (χ2v) is 5.35. The molecule has 9 heteroatoms. The molecule has 3 heterocycles. The fourth-order valence-corrected chi connectivity index (χ4v) is 2.63. The van der Waals surface area contributed by atoms with Crippen LogP contribution in [0.15, 0.2) is 55.2 Å². The number of benzene rings is 1. The number of hydrogen-bond acceptors (Lipinski definition) is 4. The van der Waals surface area contributed by atoms with Gasteiger partial charge in [-0.25, -0.2) is 19.5 Å². The van der Waals surface area contributed by atoms with Crippen molar-refractivity contribution in [2.75, 3.05) is 0 Å². The fraction of sp³-hybridized carbons (Fsp3) is 0.125. The molecule has 126 valence electrons. The number of alkyl halides is 3. The van der Waals surface area contributed by atoms with E-state index in [1.807, 2.05) is 30.3 Å².